The number of carbonyl (C=O) groups is 1. The van der Waals surface area contributed by atoms with Crippen molar-refractivity contribution >= 4 is 23.3 Å². The summed E-state index contributed by atoms with van der Waals surface area (Å²) in [6.07, 6.45) is 4.02. The van der Waals surface area contributed by atoms with Gasteiger partial charge in [-0.1, -0.05) is 11.6 Å². The van der Waals surface area contributed by atoms with Crippen molar-refractivity contribution in [2.45, 2.75) is 32.7 Å². The van der Waals surface area contributed by atoms with E-state index in [1.165, 1.54) is 0 Å². The van der Waals surface area contributed by atoms with Gasteiger partial charge in [-0.25, -0.2) is 0 Å². The summed E-state index contributed by atoms with van der Waals surface area (Å²) in [5.74, 6) is 0.399. The normalized spacial score (nSPS) is 14.7. The molecule has 0 atom stereocenters. The molecular formula is C13H15ClN4O. The quantitative estimate of drug-likeness (QED) is 0.906. The minimum absolute atomic E-state index is 0.173. The number of halogens is 1. The number of carbonyl (C=O) groups excluding carboxylic acids is 1. The van der Waals surface area contributed by atoms with Crippen molar-refractivity contribution in [3.05, 3.63) is 34.2 Å². The molecule has 2 aromatic heterocycles. The number of nitrogens with zero attached hydrogens (tertiary/aromatic N) is 2. The van der Waals surface area contributed by atoms with E-state index >= 15 is 0 Å². The second-order valence-corrected chi connectivity index (χ2v) is 5.39. The summed E-state index contributed by atoms with van der Waals surface area (Å²) in [5, 5.41) is 10.3. The van der Waals surface area contributed by atoms with Crippen molar-refractivity contribution in [3.63, 3.8) is 0 Å². The van der Waals surface area contributed by atoms with Crippen molar-refractivity contribution in [1.29, 1.82) is 0 Å². The average Bonchev–Trinajstić information content (AvgIpc) is 3.09. The minimum atomic E-state index is -0.173. The Bertz CT molecular complexity index is 639. The number of hydrogen-bond donors (Lipinski definition) is 2. The maximum atomic E-state index is 12.3. The van der Waals surface area contributed by atoms with E-state index in [1.807, 2.05) is 24.6 Å². The second-order valence-electron chi connectivity index (χ2n) is 4.96. The molecule has 3 rings (SSSR count). The number of amides is 1. The zero-order valence-corrected chi connectivity index (χ0v) is 11.6. The van der Waals surface area contributed by atoms with E-state index in [0.29, 0.717) is 22.6 Å². The molecule has 0 saturated heterocycles. The lowest BCUT2D eigenvalue weighted by atomic mass is 10.2. The van der Waals surface area contributed by atoms with Gasteiger partial charge in [0.15, 0.2) is 5.82 Å². The van der Waals surface area contributed by atoms with E-state index in [-0.39, 0.29) is 5.91 Å². The number of H-pyrrole nitrogens is 1. The molecule has 19 heavy (non-hydrogen) atoms. The summed E-state index contributed by atoms with van der Waals surface area (Å²) in [5.41, 5.74) is 2.49. The van der Waals surface area contributed by atoms with Gasteiger partial charge < -0.3 is 9.88 Å². The molecule has 5 nitrogen and oxygen atoms in total. The van der Waals surface area contributed by atoms with Gasteiger partial charge in [0, 0.05) is 23.5 Å². The lowest BCUT2D eigenvalue weighted by Crippen LogP contribution is -2.17. The summed E-state index contributed by atoms with van der Waals surface area (Å²) < 4.78 is 1.95. The largest absolute Gasteiger partial charge is 0.339 e. The zero-order valence-electron chi connectivity index (χ0n) is 10.8. The van der Waals surface area contributed by atoms with Gasteiger partial charge in [0.1, 0.15) is 5.69 Å². The van der Waals surface area contributed by atoms with Gasteiger partial charge in [0.2, 0.25) is 0 Å². The van der Waals surface area contributed by atoms with Gasteiger partial charge in [-0.2, -0.15) is 5.10 Å². The van der Waals surface area contributed by atoms with Crippen molar-refractivity contribution in [3.8, 4) is 0 Å². The first-order chi connectivity index (χ1) is 9.06. The van der Waals surface area contributed by atoms with Crippen LogP contribution in [0.25, 0.3) is 0 Å². The molecule has 1 saturated carbocycles. The fourth-order valence-electron chi connectivity index (χ4n) is 2.06. The number of nitrogens with one attached hydrogen (secondary N) is 2. The number of rotatable bonds is 3. The Kier molecular flexibility index (Phi) is 2.86. The zero-order chi connectivity index (χ0) is 13.6. The Morgan fingerprint density at radius 1 is 1.53 bits per heavy atom. The third-order valence-corrected chi connectivity index (χ3v) is 3.68. The van der Waals surface area contributed by atoms with E-state index < -0.39 is 0 Å². The molecule has 1 aliphatic rings. The molecule has 0 spiro atoms. The van der Waals surface area contributed by atoms with Crippen LogP contribution < -0.4 is 5.32 Å². The highest BCUT2D eigenvalue weighted by molar-refractivity contribution is 6.31. The lowest BCUT2D eigenvalue weighted by molar-refractivity contribution is 0.101. The SMILES string of the molecule is Cc1[nH]nc(NC(=O)c2cc(Cl)cn2C2CC2)c1C. The maximum Gasteiger partial charge on any atom is 0.273 e. The smallest absolute Gasteiger partial charge is 0.273 e. The molecule has 1 fully saturated rings. The molecule has 100 valence electrons. The molecule has 0 aliphatic heterocycles. The molecule has 6 heteroatoms. The number of hydrogen-bond acceptors (Lipinski definition) is 2. The topological polar surface area (TPSA) is 62.7 Å². The van der Waals surface area contributed by atoms with Crippen LogP contribution in [0.15, 0.2) is 12.3 Å². The first-order valence-electron chi connectivity index (χ1n) is 6.26. The molecule has 1 amide bonds. The van der Waals surface area contributed by atoms with Crippen molar-refractivity contribution in [2.75, 3.05) is 5.32 Å². The first kappa shape index (κ1) is 12.3. The third-order valence-electron chi connectivity index (χ3n) is 3.47. The molecule has 0 aromatic carbocycles. The average molecular weight is 279 g/mol. The van der Waals surface area contributed by atoms with Gasteiger partial charge in [0.25, 0.3) is 5.91 Å². The van der Waals surface area contributed by atoms with Gasteiger partial charge in [-0.05, 0) is 32.8 Å². The molecule has 2 heterocycles. The van der Waals surface area contributed by atoms with Crippen LogP contribution in [0.5, 0.6) is 0 Å². The lowest BCUT2D eigenvalue weighted by Gasteiger charge is -2.07. The minimum Gasteiger partial charge on any atom is -0.339 e. The predicted octanol–water partition coefficient (Wildman–Crippen LogP) is 3.07. The van der Waals surface area contributed by atoms with E-state index in [1.54, 1.807) is 6.07 Å². The van der Waals surface area contributed by atoms with Crippen molar-refractivity contribution in [1.82, 2.24) is 14.8 Å². The van der Waals surface area contributed by atoms with Crippen LogP contribution in [-0.2, 0) is 0 Å². The summed E-state index contributed by atoms with van der Waals surface area (Å²) in [7, 11) is 0. The van der Waals surface area contributed by atoms with Crippen molar-refractivity contribution < 1.29 is 4.79 Å². The van der Waals surface area contributed by atoms with Crippen LogP contribution in [0.1, 0.15) is 40.6 Å². The van der Waals surface area contributed by atoms with Crippen LogP contribution in [0, 0.1) is 13.8 Å². The highest BCUT2D eigenvalue weighted by Crippen LogP contribution is 2.37. The Morgan fingerprint density at radius 2 is 2.26 bits per heavy atom. The fourth-order valence-corrected chi connectivity index (χ4v) is 2.27. The van der Waals surface area contributed by atoms with E-state index in [0.717, 1.165) is 24.1 Å². The van der Waals surface area contributed by atoms with Gasteiger partial charge >= 0.3 is 0 Å². The van der Waals surface area contributed by atoms with Gasteiger partial charge in [-0.15, -0.1) is 0 Å². The highest BCUT2D eigenvalue weighted by atomic mass is 35.5. The van der Waals surface area contributed by atoms with Crippen LogP contribution in [0.2, 0.25) is 5.02 Å². The van der Waals surface area contributed by atoms with Gasteiger partial charge in [0.05, 0.1) is 5.02 Å². The summed E-state index contributed by atoms with van der Waals surface area (Å²) in [6.45, 7) is 3.84. The summed E-state index contributed by atoms with van der Waals surface area (Å²) >= 11 is 6.00. The molecule has 0 bridgehead atoms. The summed E-state index contributed by atoms with van der Waals surface area (Å²) in [4.78, 5) is 12.3. The van der Waals surface area contributed by atoms with E-state index in [9.17, 15) is 4.79 Å². The number of anilines is 1. The second kappa shape index (κ2) is 4.42. The highest BCUT2D eigenvalue weighted by Gasteiger charge is 2.28. The van der Waals surface area contributed by atoms with Gasteiger partial charge in [-0.3, -0.25) is 9.89 Å². The molecule has 2 aromatic rings. The monoisotopic (exact) mass is 278 g/mol. The van der Waals surface area contributed by atoms with Crippen LogP contribution >= 0.6 is 11.6 Å². The third kappa shape index (κ3) is 2.26. The Morgan fingerprint density at radius 3 is 2.84 bits per heavy atom. The first-order valence-corrected chi connectivity index (χ1v) is 6.64. The Hall–Kier alpha value is -1.75. The van der Waals surface area contributed by atoms with E-state index in [2.05, 4.69) is 15.5 Å². The van der Waals surface area contributed by atoms with Crippen LogP contribution in [-0.4, -0.2) is 20.7 Å². The molecule has 0 unspecified atom stereocenters. The Labute approximate surface area is 116 Å². The number of aryl methyl sites for hydroxylation is 1. The fraction of sp³-hybridized carbons (Fsp3) is 0.385. The standard InChI is InChI=1S/C13H15ClN4O/c1-7-8(2)16-17-12(7)15-13(19)11-5-9(14)6-18(11)10-3-4-10/h5-6,10H,3-4H2,1-2H3,(H2,15,16,17,19). The van der Waals surface area contributed by atoms with E-state index in [4.69, 9.17) is 11.6 Å². The number of aromatic nitrogens is 3. The maximum absolute atomic E-state index is 12.3. The summed E-state index contributed by atoms with van der Waals surface area (Å²) in [6, 6.07) is 2.11. The Balaban J connectivity index is 1.86. The molecule has 1 aliphatic carbocycles. The van der Waals surface area contributed by atoms with Crippen LogP contribution in [0.4, 0.5) is 5.82 Å². The van der Waals surface area contributed by atoms with Crippen LogP contribution in [0.3, 0.4) is 0 Å². The molecule has 2 N–H and O–H groups in total. The predicted molar refractivity (Wildman–Crippen MR) is 73.7 cm³/mol. The van der Waals surface area contributed by atoms with Crippen molar-refractivity contribution in [2.24, 2.45) is 0 Å². The number of aromatic amines is 1. The molecular weight excluding hydrogens is 264 g/mol. The molecule has 0 radical (unpaired) electrons.